The molecule has 1 fully saturated rings. The van der Waals surface area contributed by atoms with Crippen molar-refractivity contribution in [1.29, 1.82) is 0 Å². The first-order chi connectivity index (χ1) is 14.0. The number of benzene rings is 1. The highest BCUT2D eigenvalue weighted by Crippen LogP contribution is 2.30. The summed E-state index contributed by atoms with van der Waals surface area (Å²) in [5.74, 6) is 1.53. The Morgan fingerprint density at radius 2 is 2.14 bits per heavy atom. The van der Waals surface area contributed by atoms with Crippen molar-refractivity contribution in [2.45, 2.75) is 25.8 Å². The Morgan fingerprint density at radius 1 is 1.34 bits per heavy atom. The number of para-hydroxylation sites is 2. The number of methoxy groups -OCH3 is 1. The van der Waals surface area contributed by atoms with Crippen LogP contribution in [0.1, 0.15) is 19.8 Å². The Bertz CT molecular complexity index is 665. The molecule has 1 unspecified atom stereocenters. The zero-order valence-electron chi connectivity index (χ0n) is 18.1. The van der Waals surface area contributed by atoms with E-state index in [1.165, 1.54) is 0 Å². The number of ether oxygens (including phenoxy) is 2. The number of hydrogen-bond acceptors (Lipinski definition) is 5. The third kappa shape index (κ3) is 7.45. The molecule has 0 radical (unpaired) electrons. The Hall–Kier alpha value is -2.48. The molecule has 1 aliphatic rings. The predicted octanol–water partition coefficient (Wildman–Crippen LogP) is 1.32. The number of carbonyl (C=O) groups is 1. The fourth-order valence-electron chi connectivity index (χ4n) is 3.15. The van der Waals surface area contributed by atoms with Crippen molar-refractivity contribution in [2.75, 3.05) is 65.5 Å². The van der Waals surface area contributed by atoms with Crippen LogP contribution < -0.4 is 20.3 Å². The maximum Gasteiger partial charge on any atom is 0.243 e. The average Bonchev–Trinajstić information content (AvgIpc) is 3.19. The number of carbonyl (C=O) groups excluding carboxylic acids is 1. The number of nitrogens with zero attached hydrogens (tertiary/aromatic N) is 3. The van der Waals surface area contributed by atoms with E-state index in [1.54, 1.807) is 26.1 Å². The van der Waals surface area contributed by atoms with E-state index in [0.29, 0.717) is 12.6 Å². The SMILES string of the molecule is CCOCCCNC(=NCC(=O)N(C)C)NC1CCN(c2ccccc2OC)C1. The highest BCUT2D eigenvalue weighted by atomic mass is 16.5. The molecule has 0 aliphatic carbocycles. The molecular weight excluding hydrogens is 370 g/mol. The maximum atomic E-state index is 11.9. The van der Waals surface area contributed by atoms with Crippen LogP contribution in [0.25, 0.3) is 0 Å². The normalized spacial score (nSPS) is 16.6. The highest BCUT2D eigenvalue weighted by Gasteiger charge is 2.25. The van der Waals surface area contributed by atoms with Gasteiger partial charge in [0.05, 0.1) is 12.8 Å². The number of amides is 1. The molecule has 1 aliphatic heterocycles. The van der Waals surface area contributed by atoms with Gasteiger partial charge in [0.2, 0.25) is 5.91 Å². The van der Waals surface area contributed by atoms with Crippen LogP contribution in [-0.4, -0.2) is 83.4 Å². The average molecular weight is 406 g/mol. The highest BCUT2D eigenvalue weighted by molar-refractivity contribution is 5.85. The van der Waals surface area contributed by atoms with Gasteiger partial charge in [-0.1, -0.05) is 12.1 Å². The molecule has 0 aromatic heterocycles. The first-order valence-corrected chi connectivity index (χ1v) is 10.3. The van der Waals surface area contributed by atoms with Crippen LogP contribution in [0.5, 0.6) is 5.75 Å². The predicted molar refractivity (Wildman–Crippen MR) is 117 cm³/mol. The van der Waals surface area contributed by atoms with Crippen molar-refractivity contribution in [3.63, 3.8) is 0 Å². The quantitative estimate of drug-likeness (QED) is 0.347. The lowest BCUT2D eigenvalue weighted by molar-refractivity contribution is -0.127. The summed E-state index contributed by atoms with van der Waals surface area (Å²) < 4.78 is 10.9. The lowest BCUT2D eigenvalue weighted by Crippen LogP contribution is -2.45. The number of guanidine groups is 1. The van der Waals surface area contributed by atoms with Gasteiger partial charge >= 0.3 is 0 Å². The van der Waals surface area contributed by atoms with Gasteiger partial charge in [-0.15, -0.1) is 0 Å². The van der Waals surface area contributed by atoms with E-state index >= 15 is 0 Å². The molecule has 1 saturated heterocycles. The molecule has 0 saturated carbocycles. The van der Waals surface area contributed by atoms with Crippen LogP contribution in [-0.2, 0) is 9.53 Å². The molecule has 8 nitrogen and oxygen atoms in total. The molecule has 2 rings (SSSR count). The van der Waals surface area contributed by atoms with E-state index in [0.717, 1.165) is 50.5 Å². The van der Waals surface area contributed by atoms with Gasteiger partial charge in [-0.3, -0.25) is 4.79 Å². The Kier molecular flexibility index (Phi) is 9.56. The van der Waals surface area contributed by atoms with Crippen molar-refractivity contribution < 1.29 is 14.3 Å². The number of nitrogens with one attached hydrogen (secondary N) is 2. The first-order valence-electron chi connectivity index (χ1n) is 10.3. The zero-order chi connectivity index (χ0) is 21.1. The molecule has 0 spiro atoms. The number of anilines is 1. The number of hydrogen-bond donors (Lipinski definition) is 2. The summed E-state index contributed by atoms with van der Waals surface area (Å²) >= 11 is 0. The number of rotatable bonds is 10. The van der Waals surface area contributed by atoms with E-state index in [2.05, 4.69) is 26.6 Å². The first kappa shape index (κ1) is 22.8. The number of aliphatic imine (C=N–C) groups is 1. The van der Waals surface area contributed by atoms with Gasteiger partial charge < -0.3 is 29.9 Å². The minimum atomic E-state index is -0.0255. The maximum absolute atomic E-state index is 11.9. The van der Waals surface area contributed by atoms with E-state index in [1.807, 2.05) is 25.1 Å². The second kappa shape index (κ2) is 12.2. The van der Waals surface area contributed by atoms with Gasteiger partial charge in [0.15, 0.2) is 5.96 Å². The molecule has 8 heteroatoms. The lowest BCUT2D eigenvalue weighted by atomic mass is 10.2. The van der Waals surface area contributed by atoms with Crippen LogP contribution in [0.2, 0.25) is 0 Å². The van der Waals surface area contributed by atoms with Crippen LogP contribution in [0, 0.1) is 0 Å². The van der Waals surface area contributed by atoms with Crippen LogP contribution in [0.4, 0.5) is 5.69 Å². The Labute approximate surface area is 174 Å². The molecule has 29 heavy (non-hydrogen) atoms. The molecular formula is C21H35N5O3. The summed E-state index contributed by atoms with van der Waals surface area (Å²) in [6.45, 7) is 6.06. The smallest absolute Gasteiger partial charge is 0.243 e. The van der Waals surface area contributed by atoms with Crippen molar-refractivity contribution >= 4 is 17.6 Å². The lowest BCUT2D eigenvalue weighted by Gasteiger charge is -2.22. The molecule has 1 aromatic rings. The minimum Gasteiger partial charge on any atom is -0.495 e. The summed E-state index contributed by atoms with van der Waals surface area (Å²) in [7, 11) is 5.18. The molecule has 1 amide bonds. The van der Waals surface area contributed by atoms with E-state index in [-0.39, 0.29) is 18.5 Å². The van der Waals surface area contributed by atoms with Crippen molar-refractivity contribution in [2.24, 2.45) is 4.99 Å². The van der Waals surface area contributed by atoms with E-state index in [4.69, 9.17) is 9.47 Å². The van der Waals surface area contributed by atoms with Crippen molar-refractivity contribution in [3.05, 3.63) is 24.3 Å². The monoisotopic (exact) mass is 405 g/mol. The summed E-state index contributed by atoms with van der Waals surface area (Å²) in [6, 6.07) is 8.31. The second-order valence-electron chi connectivity index (χ2n) is 7.18. The van der Waals surface area contributed by atoms with Crippen LogP contribution >= 0.6 is 0 Å². The molecule has 162 valence electrons. The van der Waals surface area contributed by atoms with E-state index in [9.17, 15) is 4.79 Å². The zero-order valence-corrected chi connectivity index (χ0v) is 18.1. The largest absolute Gasteiger partial charge is 0.495 e. The third-order valence-electron chi connectivity index (χ3n) is 4.79. The fraction of sp³-hybridized carbons (Fsp3) is 0.619. The van der Waals surface area contributed by atoms with Crippen molar-refractivity contribution in [1.82, 2.24) is 15.5 Å². The van der Waals surface area contributed by atoms with Gasteiger partial charge in [0.25, 0.3) is 0 Å². The molecule has 1 aromatic carbocycles. The van der Waals surface area contributed by atoms with Gasteiger partial charge in [-0.2, -0.15) is 0 Å². The fourth-order valence-corrected chi connectivity index (χ4v) is 3.15. The molecule has 1 atom stereocenters. The molecule has 0 bridgehead atoms. The van der Waals surface area contributed by atoms with E-state index < -0.39 is 0 Å². The van der Waals surface area contributed by atoms with Crippen LogP contribution in [0.15, 0.2) is 29.3 Å². The molecule has 1 heterocycles. The minimum absolute atomic E-state index is 0.0255. The third-order valence-corrected chi connectivity index (χ3v) is 4.79. The van der Waals surface area contributed by atoms with Gasteiger partial charge in [-0.25, -0.2) is 4.99 Å². The Morgan fingerprint density at radius 3 is 2.86 bits per heavy atom. The van der Waals surface area contributed by atoms with Gasteiger partial charge in [0, 0.05) is 53.0 Å². The Balaban J connectivity index is 1.94. The van der Waals surface area contributed by atoms with Gasteiger partial charge in [-0.05, 0) is 31.9 Å². The molecule has 2 N–H and O–H groups in total. The standard InChI is InChI=1S/C21H35N5O3/c1-5-29-14-8-12-22-21(23-15-20(27)25(2)3)24-17-11-13-26(16-17)18-9-6-7-10-19(18)28-4/h6-7,9-10,17H,5,8,11-16H2,1-4H3,(H2,22,23,24). The number of likely N-dealkylation sites (N-methyl/N-ethyl adjacent to an activating group) is 1. The van der Waals surface area contributed by atoms with Crippen LogP contribution in [0.3, 0.4) is 0 Å². The summed E-state index contributed by atoms with van der Waals surface area (Å²) in [4.78, 5) is 20.3. The van der Waals surface area contributed by atoms with Crippen molar-refractivity contribution in [3.8, 4) is 5.75 Å². The summed E-state index contributed by atoms with van der Waals surface area (Å²) in [5, 5.41) is 6.81. The topological polar surface area (TPSA) is 78.4 Å². The summed E-state index contributed by atoms with van der Waals surface area (Å²) in [5.41, 5.74) is 1.10. The van der Waals surface area contributed by atoms with Gasteiger partial charge in [0.1, 0.15) is 12.3 Å². The summed E-state index contributed by atoms with van der Waals surface area (Å²) in [6.07, 6.45) is 1.87. The second-order valence-corrected chi connectivity index (χ2v) is 7.18.